The Morgan fingerprint density at radius 3 is 1.38 bits per heavy atom. The minimum atomic E-state index is -0.157. The lowest BCUT2D eigenvalue weighted by molar-refractivity contribution is -0.683. The van der Waals surface area contributed by atoms with Crippen molar-refractivity contribution in [2.75, 3.05) is 0 Å². The van der Waals surface area contributed by atoms with Crippen LogP contribution in [0.25, 0.3) is 0 Å². The van der Waals surface area contributed by atoms with Gasteiger partial charge < -0.3 is 0 Å². The molecule has 0 unspecified atom stereocenters. The Hall–Kier alpha value is -3.28. The highest BCUT2D eigenvalue weighted by molar-refractivity contribution is 5.95. The van der Waals surface area contributed by atoms with Gasteiger partial charge in [-0.3, -0.25) is 9.59 Å². The van der Waals surface area contributed by atoms with Crippen LogP contribution in [0.15, 0.2) is 73.6 Å². The first kappa shape index (κ1) is 15.6. The SMILES string of the molecule is O=C(C[n+]1ccccc1)c1cnc(C(=O)C[n+]2ccccc2)cn1. The number of rotatable bonds is 6. The molecule has 0 fully saturated rings. The molecule has 3 heterocycles. The van der Waals surface area contributed by atoms with Crippen LogP contribution in [0.1, 0.15) is 21.0 Å². The summed E-state index contributed by atoms with van der Waals surface area (Å²) in [6.07, 6.45) is 9.94. The van der Waals surface area contributed by atoms with E-state index in [9.17, 15) is 9.59 Å². The Labute approximate surface area is 139 Å². The van der Waals surface area contributed by atoms with Gasteiger partial charge in [-0.1, -0.05) is 12.1 Å². The van der Waals surface area contributed by atoms with Gasteiger partial charge >= 0.3 is 0 Å². The maximum atomic E-state index is 12.2. The molecule has 3 aromatic heterocycles. The second kappa shape index (κ2) is 7.32. The molecule has 0 atom stereocenters. The van der Waals surface area contributed by atoms with Crippen molar-refractivity contribution in [1.29, 1.82) is 0 Å². The summed E-state index contributed by atoms with van der Waals surface area (Å²) in [5.41, 5.74) is 0.491. The lowest BCUT2D eigenvalue weighted by Gasteiger charge is -2.00. The third kappa shape index (κ3) is 3.92. The predicted molar refractivity (Wildman–Crippen MR) is 84.0 cm³/mol. The van der Waals surface area contributed by atoms with E-state index in [-0.39, 0.29) is 36.0 Å². The molecule has 24 heavy (non-hydrogen) atoms. The van der Waals surface area contributed by atoms with Crippen molar-refractivity contribution >= 4 is 11.6 Å². The first-order chi connectivity index (χ1) is 11.7. The molecule has 0 amide bonds. The van der Waals surface area contributed by atoms with E-state index < -0.39 is 0 Å². The average Bonchev–Trinajstić information content (AvgIpc) is 2.63. The molecule has 0 N–H and O–H groups in total. The van der Waals surface area contributed by atoms with E-state index in [2.05, 4.69) is 9.97 Å². The third-order valence-electron chi connectivity index (χ3n) is 3.43. The van der Waals surface area contributed by atoms with Crippen molar-refractivity contribution in [3.8, 4) is 0 Å². The van der Waals surface area contributed by atoms with Gasteiger partial charge in [-0.2, -0.15) is 9.13 Å². The van der Waals surface area contributed by atoms with E-state index in [1.54, 1.807) is 33.9 Å². The van der Waals surface area contributed by atoms with Crippen molar-refractivity contribution in [2.45, 2.75) is 13.1 Å². The number of pyridine rings is 2. The largest absolute Gasteiger partial charge is 0.285 e. The molecule has 3 aromatic rings. The van der Waals surface area contributed by atoms with Crippen LogP contribution in [-0.4, -0.2) is 21.5 Å². The Morgan fingerprint density at radius 1 is 0.667 bits per heavy atom. The molecular formula is C18H16N4O2+2. The fraction of sp³-hybridized carbons (Fsp3) is 0.111. The van der Waals surface area contributed by atoms with Crippen LogP contribution in [0.2, 0.25) is 0 Å². The lowest BCUT2D eigenvalue weighted by atomic mass is 10.2. The van der Waals surface area contributed by atoms with Gasteiger partial charge in [-0.05, 0) is 0 Å². The summed E-state index contributed by atoms with van der Waals surface area (Å²) in [6.45, 7) is 0.366. The molecule has 0 spiro atoms. The highest BCUT2D eigenvalue weighted by Crippen LogP contribution is 1.99. The van der Waals surface area contributed by atoms with Crippen LogP contribution in [0.5, 0.6) is 0 Å². The normalized spacial score (nSPS) is 10.3. The summed E-state index contributed by atoms with van der Waals surface area (Å²) >= 11 is 0. The summed E-state index contributed by atoms with van der Waals surface area (Å²) in [7, 11) is 0. The zero-order valence-electron chi connectivity index (χ0n) is 12.9. The highest BCUT2D eigenvalue weighted by atomic mass is 16.1. The Kier molecular flexibility index (Phi) is 4.76. The number of Topliss-reactive ketones (excluding diaryl/α,β-unsaturated/α-hetero) is 2. The van der Waals surface area contributed by atoms with Gasteiger partial charge in [0.1, 0.15) is 11.4 Å². The second-order valence-corrected chi connectivity index (χ2v) is 5.23. The Bertz CT molecular complexity index is 761. The predicted octanol–water partition coefficient (Wildman–Crippen LogP) is 0.817. The van der Waals surface area contributed by atoms with Crippen LogP contribution < -0.4 is 9.13 Å². The summed E-state index contributed by atoms with van der Waals surface area (Å²) in [5.74, 6) is -0.315. The van der Waals surface area contributed by atoms with Crippen LogP contribution >= 0.6 is 0 Å². The Balaban J connectivity index is 1.66. The molecule has 0 aliphatic carbocycles. The van der Waals surface area contributed by atoms with Gasteiger partial charge in [0.15, 0.2) is 24.8 Å². The van der Waals surface area contributed by atoms with Crippen LogP contribution in [0, 0.1) is 0 Å². The van der Waals surface area contributed by atoms with Gasteiger partial charge in [0, 0.05) is 24.3 Å². The molecule has 0 aromatic carbocycles. The van der Waals surface area contributed by atoms with Crippen molar-refractivity contribution < 1.29 is 18.7 Å². The van der Waals surface area contributed by atoms with Gasteiger partial charge in [0.2, 0.25) is 24.7 Å². The molecule has 0 saturated carbocycles. The fourth-order valence-corrected chi connectivity index (χ4v) is 2.19. The zero-order chi connectivity index (χ0) is 16.8. The molecule has 118 valence electrons. The van der Waals surface area contributed by atoms with Crippen LogP contribution in [0.3, 0.4) is 0 Å². The molecular weight excluding hydrogens is 304 g/mol. The maximum Gasteiger partial charge on any atom is 0.247 e. The fourth-order valence-electron chi connectivity index (χ4n) is 2.19. The van der Waals surface area contributed by atoms with Crippen molar-refractivity contribution in [3.63, 3.8) is 0 Å². The van der Waals surface area contributed by atoms with E-state index in [0.717, 1.165) is 0 Å². The van der Waals surface area contributed by atoms with E-state index >= 15 is 0 Å². The van der Waals surface area contributed by atoms with E-state index in [1.807, 2.05) is 36.4 Å². The van der Waals surface area contributed by atoms with Crippen LogP contribution in [0.4, 0.5) is 0 Å². The molecule has 0 saturated heterocycles. The molecule has 0 radical (unpaired) electrons. The minimum Gasteiger partial charge on any atom is -0.285 e. The van der Waals surface area contributed by atoms with Crippen molar-refractivity contribution in [3.05, 3.63) is 85.0 Å². The summed E-state index contributed by atoms with van der Waals surface area (Å²) < 4.78 is 3.52. The highest BCUT2D eigenvalue weighted by Gasteiger charge is 2.17. The number of hydrogen-bond donors (Lipinski definition) is 0. The number of nitrogens with zero attached hydrogens (tertiary/aromatic N) is 4. The van der Waals surface area contributed by atoms with Gasteiger partial charge in [-0.25, -0.2) is 9.97 Å². The number of carbonyl (C=O) groups excluding carboxylic acids is 2. The monoisotopic (exact) mass is 320 g/mol. The third-order valence-corrected chi connectivity index (χ3v) is 3.43. The van der Waals surface area contributed by atoms with Crippen molar-refractivity contribution in [1.82, 2.24) is 9.97 Å². The molecule has 0 aliphatic heterocycles. The topological polar surface area (TPSA) is 67.7 Å². The van der Waals surface area contributed by atoms with Gasteiger partial charge in [0.25, 0.3) is 0 Å². The number of hydrogen-bond acceptors (Lipinski definition) is 4. The van der Waals surface area contributed by atoms with Crippen molar-refractivity contribution in [2.24, 2.45) is 0 Å². The van der Waals surface area contributed by atoms with E-state index in [0.29, 0.717) is 0 Å². The second-order valence-electron chi connectivity index (χ2n) is 5.23. The quantitative estimate of drug-likeness (QED) is 0.498. The van der Waals surface area contributed by atoms with Gasteiger partial charge in [-0.15, -0.1) is 0 Å². The number of carbonyl (C=O) groups is 2. The smallest absolute Gasteiger partial charge is 0.247 e. The van der Waals surface area contributed by atoms with Crippen LogP contribution in [-0.2, 0) is 13.1 Å². The molecule has 6 nitrogen and oxygen atoms in total. The number of ketones is 2. The molecule has 0 aliphatic rings. The lowest BCUT2D eigenvalue weighted by Crippen LogP contribution is -2.37. The maximum absolute atomic E-state index is 12.2. The molecule has 6 heteroatoms. The first-order valence-electron chi connectivity index (χ1n) is 7.49. The van der Waals surface area contributed by atoms with Gasteiger partial charge in [0.05, 0.1) is 12.4 Å². The zero-order valence-corrected chi connectivity index (χ0v) is 12.9. The molecule has 0 bridgehead atoms. The number of aromatic nitrogens is 4. The summed E-state index contributed by atoms with van der Waals surface area (Å²) in [6, 6.07) is 11.2. The molecule has 3 rings (SSSR count). The van der Waals surface area contributed by atoms with E-state index in [1.165, 1.54) is 12.4 Å². The Morgan fingerprint density at radius 2 is 1.04 bits per heavy atom. The minimum absolute atomic E-state index is 0.157. The van der Waals surface area contributed by atoms with E-state index in [4.69, 9.17) is 0 Å². The summed E-state index contributed by atoms with van der Waals surface area (Å²) in [4.78, 5) is 32.5. The standard InChI is InChI=1S/C18H16N4O2/c23-17(13-21-7-3-1-4-8-21)15-11-20-16(12-19-15)18(24)14-22-9-5-2-6-10-22/h1-12H,13-14H2/q+2. The summed E-state index contributed by atoms with van der Waals surface area (Å²) in [5, 5.41) is 0. The average molecular weight is 320 g/mol. The first-order valence-corrected chi connectivity index (χ1v) is 7.49.